The maximum absolute atomic E-state index is 12.1. The van der Waals surface area contributed by atoms with Gasteiger partial charge in [0.15, 0.2) is 0 Å². The molecule has 4 heteroatoms. The third-order valence-corrected chi connectivity index (χ3v) is 4.72. The number of halogens is 1. The van der Waals surface area contributed by atoms with Crippen molar-refractivity contribution < 1.29 is 4.79 Å². The molecule has 0 bridgehead atoms. The van der Waals surface area contributed by atoms with E-state index >= 15 is 0 Å². The average molecular weight is 289 g/mol. The Bertz CT molecular complexity index is 272. The van der Waals surface area contributed by atoms with Crippen LogP contribution in [0.4, 0.5) is 0 Å². The van der Waals surface area contributed by atoms with Crippen LogP contribution in [0.5, 0.6) is 0 Å². The van der Waals surface area contributed by atoms with Crippen molar-refractivity contribution in [3.8, 4) is 0 Å². The van der Waals surface area contributed by atoms with Crippen LogP contribution in [0.3, 0.4) is 0 Å². The van der Waals surface area contributed by atoms with Crippen LogP contribution >= 0.6 is 15.9 Å². The standard InChI is InChI=1S/C12H21BrN2O/c1-9-8-14(2)7-5-11(9)15-6-3-4-10(13)12(15)16/h9-11H,3-8H2,1-2H3. The zero-order valence-corrected chi connectivity index (χ0v) is 11.7. The zero-order chi connectivity index (χ0) is 11.7. The maximum atomic E-state index is 12.1. The summed E-state index contributed by atoms with van der Waals surface area (Å²) in [5.74, 6) is 0.910. The number of hydrogen-bond acceptors (Lipinski definition) is 2. The molecule has 0 radical (unpaired) electrons. The Balaban J connectivity index is 2.03. The molecule has 0 aromatic heterocycles. The molecular formula is C12H21BrN2O. The molecule has 0 aromatic rings. The highest BCUT2D eigenvalue weighted by atomic mass is 79.9. The minimum Gasteiger partial charge on any atom is -0.338 e. The van der Waals surface area contributed by atoms with Crippen LogP contribution in [0.2, 0.25) is 0 Å². The normalized spacial score (nSPS) is 37.8. The third-order valence-electron chi connectivity index (χ3n) is 3.87. The minimum atomic E-state index is 0.0631. The van der Waals surface area contributed by atoms with Gasteiger partial charge in [0.1, 0.15) is 0 Å². The van der Waals surface area contributed by atoms with E-state index in [1.165, 1.54) is 0 Å². The van der Waals surface area contributed by atoms with E-state index in [0.717, 1.165) is 38.9 Å². The van der Waals surface area contributed by atoms with Crippen molar-refractivity contribution in [1.82, 2.24) is 9.80 Å². The molecule has 2 rings (SSSR count). The lowest BCUT2D eigenvalue weighted by Gasteiger charge is -2.44. The number of nitrogens with zero attached hydrogens (tertiary/aromatic N) is 2. The molecule has 16 heavy (non-hydrogen) atoms. The molecule has 92 valence electrons. The van der Waals surface area contributed by atoms with E-state index < -0.39 is 0 Å². The Morgan fingerprint density at radius 1 is 1.31 bits per heavy atom. The highest BCUT2D eigenvalue weighted by Gasteiger charge is 2.36. The predicted octanol–water partition coefficient (Wildman–Crippen LogP) is 1.71. The van der Waals surface area contributed by atoms with Crippen LogP contribution in [-0.2, 0) is 4.79 Å². The number of rotatable bonds is 1. The van der Waals surface area contributed by atoms with Crippen LogP contribution in [0.25, 0.3) is 0 Å². The first-order valence-electron chi connectivity index (χ1n) is 6.22. The van der Waals surface area contributed by atoms with E-state index in [1.807, 2.05) is 0 Å². The molecule has 2 aliphatic rings. The van der Waals surface area contributed by atoms with Crippen molar-refractivity contribution in [2.45, 2.75) is 37.1 Å². The van der Waals surface area contributed by atoms with Gasteiger partial charge < -0.3 is 9.80 Å². The Morgan fingerprint density at radius 2 is 2.06 bits per heavy atom. The molecule has 2 saturated heterocycles. The fourth-order valence-electron chi connectivity index (χ4n) is 2.99. The van der Waals surface area contributed by atoms with E-state index in [2.05, 4.69) is 39.7 Å². The number of alkyl halides is 1. The van der Waals surface area contributed by atoms with Gasteiger partial charge >= 0.3 is 0 Å². The zero-order valence-electron chi connectivity index (χ0n) is 10.2. The average Bonchev–Trinajstić information content (AvgIpc) is 2.23. The van der Waals surface area contributed by atoms with Crippen LogP contribution in [-0.4, -0.2) is 53.3 Å². The first-order chi connectivity index (χ1) is 7.59. The summed E-state index contributed by atoms with van der Waals surface area (Å²) in [6.45, 7) is 5.46. The highest BCUT2D eigenvalue weighted by molar-refractivity contribution is 9.10. The van der Waals surface area contributed by atoms with Gasteiger partial charge in [-0.1, -0.05) is 22.9 Å². The Kier molecular flexibility index (Phi) is 3.90. The molecule has 0 N–H and O–H groups in total. The van der Waals surface area contributed by atoms with Crippen molar-refractivity contribution >= 4 is 21.8 Å². The van der Waals surface area contributed by atoms with E-state index in [9.17, 15) is 4.79 Å². The van der Waals surface area contributed by atoms with Gasteiger partial charge in [-0.15, -0.1) is 0 Å². The summed E-state index contributed by atoms with van der Waals surface area (Å²) in [6, 6.07) is 0.462. The summed E-state index contributed by atoms with van der Waals surface area (Å²) >= 11 is 3.49. The van der Waals surface area contributed by atoms with Gasteiger partial charge in [-0.05, 0) is 38.8 Å². The lowest BCUT2D eigenvalue weighted by atomic mass is 9.91. The molecular weight excluding hydrogens is 268 g/mol. The number of carbonyl (C=O) groups excluding carboxylic acids is 1. The number of hydrogen-bond donors (Lipinski definition) is 0. The van der Waals surface area contributed by atoms with E-state index in [0.29, 0.717) is 17.9 Å². The molecule has 0 aliphatic carbocycles. The van der Waals surface area contributed by atoms with Crippen LogP contribution < -0.4 is 0 Å². The number of amides is 1. The van der Waals surface area contributed by atoms with Crippen molar-refractivity contribution in [2.75, 3.05) is 26.7 Å². The quantitative estimate of drug-likeness (QED) is 0.686. The molecule has 1 amide bonds. The van der Waals surface area contributed by atoms with Gasteiger partial charge in [0, 0.05) is 19.1 Å². The maximum Gasteiger partial charge on any atom is 0.236 e. The Labute approximate surface area is 106 Å². The largest absolute Gasteiger partial charge is 0.338 e. The van der Waals surface area contributed by atoms with Crippen LogP contribution in [0.15, 0.2) is 0 Å². The summed E-state index contributed by atoms with van der Waals surface area (Å²) in [7, 11) is 2.16. The summed E-state index contributed by atoms with van der Waals surface area (Å²) in [4.78, 5) is 16.7. The van der Waals surface area contributed by atoms with Gasteiger partial charge in [-0.2, -0.15) is 0 Å². The van der Waals surface area contributed by atoms with Crippen LogP contribution in [0.1, 0.15) is 26.2 Å². The monoisotopic (exact) mass is 288 g/mol. The van der Waals surface area contributed by atoms with Crippen molar-refractivity contribution in [3.05, 3.63) is 0 Å². The number of piperidine rings is 2. The Morgan fingerprint density at radius 3 is 2.75 bits per heavy atom. The first kappa shape index (κ1) is 12.4. The molecule has 0 spiro atoms. The topological polar surface area (TPSA) is 23.6 Å². The van der Waals surface area contributed by atoms with Gasteiger partial charge in [-0.3, -0.25) is 4.79 Å². The fourth-order valence-corrected chi connectivity index (χ4v) is 3.58. The molecule has 0 aromatic carbocycles. The highest BCUT2D eigenvalue weighted by Crippen LogP contribution is 2.27. The second-order valence-corrected chi connectivity index (χ2v) is 6.34. The van der Waals surface area contributed by atoms with Gasteiger partial charge in [-0.25, -0.2) is 0 Å². The molecule has 3 atom stereocenters. The second-order valence-electron chi connectivity index (χ2n) is 5.24. The first-order valence-corrected chi connectivity index (χ1v) is 7.14. The molecule has 3 nitrogen and oxygen atoms in total. The van der Waals surface area contributed by atoms with Gasteiger partial charge in [0.05, 0.1) is 4.83 Å². The van der Waals surface area contributed by atoms with Crippen molar-refractivity contribution in [3.63, 3.8) is 0 Å². The lowest BCUT2D eigenvalue weighted by Crippen LogP contribution is -2.54. The van der Waals surface area contributed by atoms with Crippen LogP contribution in [0, 0.1) is 5.92 Å². The minimum absolute atomic E-state index is 0.0631. The predicted molar refractivity (Wildman–Crippen MR) is 68.7 cm³/mol. The van der Waals surface area contributed by atoms with Crippen molar-refractivity contribution in [2.24, 2.45) is 5.92 Å². The van der Waals surface area contributed by atoms with Gasteiger partial charge in [0.25, 0.3) is 0 Å². The summed E-state index contributed by atoms with van der Waals surface area (Å²) < 4.78 is 0. The number of likely N-dealkylation sites (tertiary alicyclic amines) is 2. The molecule has 2 aliphatic heterocycles. The smallest absolute Gasteiger partial charge is 0.236 e. The van der Waals surface area contributed by atoms with Crippen molar-refractivity contribution in [1.29, 1.82) is 0 Å². The van der Waals surface area contributed by atoms with E-state index in [4.69, 9.17) is 0 Å². The van der Waals surface area contributed by atoms with E-state index in [-0.39, 0.29) is 4.83 Å². The van der Waals surface area contributed by atoms with E-state index in [1.54, 1.807) is 0 Å². The molecule has 2 heterocycles. The molecule has 2 fully saturated rings. The fraction of sp³-hybridized carbons (Fsp3) is 0.917. The van der Waals surface area contributed by atoms with Gasteiger partial charge in [0.2, 0.25) is 5.91 Å². The second kappa shape index (κ2) is 5.05. The third kappa shape index (κ3) is 2.43. The summed E-state index contributed by atoms with van der Waals surface area (Å²) in [6.07, 6.45) is 3.26. The SMILES string of the molecule is CC1CN(C)CCC1N1CCCC(Br)C1=O. The number of carbonyl (C=O) groups is 1. The lowest BCUT2D eigenvalue weighted by molar-refractivity contribution is -0.137. The Hall–Kier alpha value is -0.0900. The molecule has 0 saturated carbocycles. The summed E-state index contributed by atoms with van der Waals surface area (Å²) in [5, 5.41) is 0. The summed E-state index contributed by atoms with van der Waals surface area (Å²) in [5.41, 5.74) is 0. The molecule has 3 unspecified atom stereocenters.